The molecule has 0 spiro atoms. The molecule has 120 valence electrons. The predicted molar refractivity (Wildman–Crippen MR) is 97.1 cm³/mol. The third kappa shape index (κ3) is 2.61. The molecule has 1 aromatic carbocycles. The minimum absolute atomic E-state index is 0.581. The van der Waals surface area contributed by atoms with E-state index >= 15 is 0 Å². The monoisotopic (exact) mass is 335 g/mol. The van der Waals surface area contributed by atoms with Crippen molar-refractivity contribution < 1.29 is 4.52 Å². The lowest BCUT2D eigenvalue weighted by atomic mass is 10.0. The smallest absolute Gasteiger partial charge is 0.268 e. The zero-order valence-electron chi connectivity index (χ0n) is 13.6. The van der Waals surface area contributed by atoms with Gasteiger partial charge >= 0.3 is 0 Å². The Morgan fingerprint density at radius 3 is 2.75 bits per heavy atom. The SMILES string of the molecule is CCCc1noc(-c2sc3ncccc3c2-c2ccc(C)cc2)n1. The molecule has 0 radical (unpaired) electrons. The van der Waals surface area contributed by atoms with Crippen molar-refractivity contribution in [3.8, 4) is 21.9 Å². The van der Waals surface area contributed by atoms with Gasteiger partial charge in [-0.3, -0.25) is 0 Å². The van der Waals surface area contributed by atoms with E-state index in [1.54, 1.807) is 11.3 Å². The summed E-state index contributed by atoms with van der Waals surface area (Å²) in [5, 5.41) is 5.22. The van der Waals surface area contributed by atoms with E-state index in [9.17, 15) is 0 Å². The fourth-order valence-corrected chi connectivity index (χ4v) is 3.85. The van der Waals surface area contributed by atoms with Crippen LogP contribution in [0.5, 0.6) is 0 Å². The highest BCUT2D eigenvalue weighted by atomic mass is 32.1. The minimum Gasteiger partial charge on any atom is -0.333 e. The Labute approximate surface area is 144 Å². The topological polar surface area (TPSA) is 51.8 Å². The third-order valence-electron chi connectivity index (χ3n) is 3.94. The maximum Gasteiger partial charge on any atom is 0.268 e. The van der Waals surface area contributed by atoms with Crippen LogP contribution >= 0.6 is 11.3 Å². The number of hydrogen-bond donors (Lipinski definition) is 0. The number of aryl methyl sites for hydroxylation is 2. The molecule has 4 aromatic rings. The van der Waals surface area contributed by atoms with Gasteiger partial charge in [0.25, 0.3) is 5.89 Å². The van der Waals surface area contributed by atoms with Gasteiger partial charge in [-0.25, -0.2) is 4.98 Å². The van der Waals surface area contributed by atoms with Crippen molar-refractivity contribution >= 4 is 21.6 Å². The number of hydrogen-bond acceptors (Lipinski definition) is 5. The van der Waals surface area contributed by atoms with Gasteiger partial charge in [0.2, 0.25) is 0 Å². The van der Waals surface area contributed by atoms with Crippen molar-refractivity contribution in [3.63, 3.8) is 0 Å². The summed E-state index contributed by atoms with van der Waals surface area (Å²) in [5.41, 5.74) is 3.50. The molecule has 0 bridgehead atoms. The van der Waals surface area contributed by atoms with Crippen LogP contribution in [0, 0.1) is 6.92 Å². The van der Waals surface area contributed by atoms with Crippen LogP contribution in [0.3, 0.4) is 0 Å². The number of nitrogens with zero attached hydrogens (tertiary/aromatic N) is 3. The van der Waals surface area contributed by atoms with Crippen molar-refractivity contribution in [3.05, 3.63) is 54.0 Å². The van der Waals surface area contributed by atoms with Crippen molar-refractivity contribution in [2.75, 3.05) is 0 Å². The van der Waals surface area contributed by atoms with Gasteiger partial charge in [0.05, 0.1) is 0 Å². The second-order valence-electron chi connectivity index (χ2n) is 5.79. The van der Waals surface area contributed by atoms with Crippen molar-refractivity contribution in [1.82, 2.24) is 15.1 Å². The van der Waals surface area contributed by atoms with Crippen LogP contribution in [-0.4, -0.2) is 15.1 Å². The molecule has 4 nitrogen and oxygen atoms in total. The Hall–Kier alpha value is -2.53. The van der Waals surface area contributed by atoms with E-state index in [2.05, 4.69) is 59.3 Å². The molecule has 0 fully saturated rings. The lowest BCUT2D eigenvalue weighted by Gasteiger charge is -2.03. The highest BCUT2D eigenvalue weighted by Gasteiger charge is 2.20. The van der Waals surface area contributed by atoms with E-state index in [0.29, 0.717) is 5.89 Å². The normalized spacial score (nSPS) is 11.2. The highest BCUT2D eigenvalue weighted by molar-refractivity contribution is 7.22. The van der Waals surface area contributed by atoms with E-state index < -0.39 is 0 Å². The largest absolute Gasteiger partial charge is 0.333 e. The summed E-state index contributed by atoms with van der Waals surface area (Å²) >= 11 is 1.60. The lowest BCUT2D eigenvalue weighted by molar-refractivity contribution is 0.423. The second kappa shape index (κ2) is 6.17. The summed E-state index contributed by atoms with van der Waals surface area (Å²) in [7, 11) is 0. The first kappa shape index (κ1) is 15.0. The third-order valence-corrected chi connectivity index (χ3v) is 5.04. The predicted octanol–water partition coefficient (Wildman–Crippen LogP) is 5.27. The fraction of sp³-hybridized carbons (Fsp3) is 0.211. The van der Waals surface area contributed by atoms with Crippen LogP contribution in [0.1, 0.15) is 24.7 Å². The molecule has 0 unspecified atom stereocenters. The first-order valence-corrected chi connectivity index (χ1v) is 8.85. The Balaban J connectivity index is 1.93. The first-order valence-electron chi connectivity index (χ1n) is 8.03. The molecule has 0 saturated heterocycles. The van der Waals surface area contributed by atoms with E-state index in [-0.39, 0.29) is 0 Å². The van der Waals surface area contributed by atoms with Gasteiger partial charge in [-0.05, 0) is 31.0 Å². The molecule has 0 atom stereocenters. The van der Waals surface area contributed by atoms with Gasteiger partial charge < -0.3 is 4.52 Å². The van der Waals surface area contributed by atoms with Crippen LogP contribution in [-0.2, 0) is 6.42 Å². The molecule has 0 aliphatic rings. The van der Waals surface area contributed by atoms with E-state index in [1.165, 1.54) is 5.56 Å². The number of pyridine rings is 1. The summed E-state index contributed by atoms with van der Waals surface area (Å²) in [4.78, 5) is 11.0. The zero-order chi connectivity index (χ0) is 16.5. The summed E-state index contributed by atoms with van der Waals surface area (Å²) < 4.78 is 5.54. The van der Waals surface area contributed by atoms with Crippen LogP contribution < -0.4 is 0 Å². The molecule has 0 saturated carbocycles. The molecule has 5 heteroatoms. The molecule has 0 aliphatic heterocycles. The molecule has 3 aromatic heterocycles. The van der Waals surface area contributed by atoms with Crippen molar-refractivity contribution in [2.45, 2.75) is 26.7 Å². The molecule has 0 amide bonds. The maximum absolute atomic E-state index is 5.54. The summed E-state index contributed by atoms with van der Waals surface area (Å²) in [6.45, 7) is 4.20. The molecule has 24 heavy (non-hydrogen) atoms. The Morgan fingerprint density at radius 2 is 1.96 bits per heavy atom. The molecular formula is C19H17N3OS. The average molecular weight is 335 g/mol. The zero-order valence-corrected chi connectivity index (χ0v) is 14.4. The van der Waals surface area contributed by atoms with Gasteiger partial charge in [-0.15, -0.1) is 11.3 Å². The molecule has 4 rings (SSSR count). The van der Waals surface area contributed by atoms with Crippen LogP contribution in [0.2, 0.25) is 0 Å². The van der Waals surface area contributed by atoms with Gasteiger partial charge in [0.1, 0.15) is 9.71 Å². The number of fused-ring (bicyclic) bond motifs is 1. The number of aromatic nitrogens is 3. The van der Waals surface area contributed by atoms with E-state index in [4.69, 9.17) is 4.52 Å². The van der Waals surface area contributed by atoms with Gasteiger partial charge in [-0.1, -0.05) is 41.9 Å². The Kier molecular flexibility index (Phi) is 3.86. The number of rotatable bonds is 4. The van der Waals surface area contributed by atoms with Gasteiger partial charge in [0.15, 0.2) is 5.82 Å². The molecule has 3 heterocycles. The summed E-state index contributed by atoms with van der Waals surface area (Å²) in [6, 6.07) is 12.6. The average Bonchev–Trinajstić information content (AvgIpc) is 3.20. The maximum atomic E-state index is 5.54. The van der Waals surface area contributed by atoms with E-state index in [1.807, 2.05) is 12.3 Å². The van der Waals surface area contributed by atoms with E-state index in [0.717, 1.165) is 44.9 Å². The number of benzene rings is 1. The summed E-state index contributed by atoms with van der Waals surface area (Å²) in [5.74, 6) is 1.34. The minimum atomic E-state index is 0.581. The Morgan fingerprint density at radius 1 is 1.12 bits per heavy atom. The molecule has 0 aliphatic carbocycles. The fourth-order valence-electron chi connectivity index (χ4n) is 2.76. The molecule has 0 N–H and O–H groups in total. The van der Waals surface area contributed by atoms with Crippen LogP contribution in [0.15, 0.2) is 47.1 Å². The molecular weight excluding hydrogens is 318 g/mol. The Bertz CT molecular complexity index is 985. The summed E-state index contributed by atoms with van der Waals surface area (Å²) in [6.07, 6.45) is 3.64. The van der Waals surface area contributed by atoms with Crippen LogP contribution in [0.25, 0.3) is 32.1 Å². The van der Waals surface area contributed by atoms with Gasteiger partial charge in [-0.2, -0.15) is 4.98 Å². The second-order valence-corrected chi connectivity index (χ2v) is 6.79. The standard InChI is InChI=1S/C19H17N3OS/c1-3-5-15-21-18(23-22-15)17-16(13-9-7-12(2)8-10-13)14-6-4-11-20-19(14)24-17/h4,6-11H,3,5H2,1-2H3. The van der Waals surface area contributed by atoms with Crippen molar-refractivity contribution in [2.24, 2.45) is 0 Å². The number of thiophene rings is 1. The van der Waals surface area contributed by atoms with Gasteiger partial charge in [0, 0.05) is 23.6 Å². The quantitative estimate of drug-likeness (QED) is 0.509. The highest BCUT2D eigenvalue weighted by Crippen LogP contribution is 2.43. The van der Waals surface area contributed by atoms with Crippen LogP contribution in [0.4, 0.5) is 0 Å². The first-order chi connectivity index (χ1) is 11.8. The van der Waals surface area contributed by atoms with Crippen molar-refractivity contribution in [1.29, 1.82) is 0 Å². The lowest BCUT2D eigenvalue weighted by Crippen LogP contribution is -1.85.